The third-order valence-corrected chi connectivity index (χ3v) is 3.09. The lowest BCUT2D eigenvalue weighted by molar-refractivity contribution is 0.649. The molecule has 2 atom stereocenters. The van der Waals surface area contributed by atoms with Crippen LogP contribution < -0.4 is 0 Å². The van der Waals surface area contributed by atoms with Crippen molar-refractivity contribution in [3.8, 4) is 0 Å². The Kier molecular flexibility index (Phi) is 1.42. The number of alkyl halides is 2. The van der Waals surface area contributed by atoms with Crippen molar-refractivity contribution in [2.24, 2.45) is 17.8 Å². The molecule has 52 valence electrons. The van der Waals surface area contributed by atoms with Crippen molar-refractivity contribution in [1.82, 2.24) is 0 Å². The molecule has 0 heterocycles. The van der Waals surface area contributed by atoms with E-state index in [0.717, 1.165) is 11.8 Å². The molecule has 2 aliphatic carbocycles. The molecule has 0 radical (unpaired) electrons. The molecule has 1 unspecified atom stereocenters. The van der Waals surface area contributed by atoms with Gasteiger partial charge < -0.3 is 0 Å². The predicted octanol–water partition coefficient (Wildman–Crippen LogP) is 2.84. The molecule has 0 nitrogen and oxygen atoms in total. The average molecular weight is 165 g/mol. The molecule has 0 aromatic heterocycles. The van der Waals surface area contributed by atoms with Gasteiger partial charge in [-0.25, -0.2) is 0 Å². The highest BCUT2D eigenvalue weighted by molar-refractivity contribution is 6.44. The summed E-state index contributed by atoms with van der Waals surface area (Å²) in [4.78, 5) is -0.0874. The van der Waals surface area contributed by atoms with Gasteiger partial charge in [0.2, 0.25) is 0 Å². The Morgan fingerprint density at radius 2 is 1.89 bits per heavy atom. The quantitative estimate of drug-likeness (QED) is 0.552. The third-order valence-electron chi connectivity index (χ3n) is 2.44. The molecule has 2 saturated carbocycles. The van der Waals surface area contributed by atoms with E-state index in [1.807, 2.05) is 0 Å². The highest BCUT2D eigenvalue weighted by Crippen LogP contribution is 2.57. The molecule has 9 heavy (non-hydrogen) atoms. The van der Waals surface area contributed by atoms with Crippen LogP contribution in [0.15, 0.2) is 0 Å². The van der Waals surface area contributed by atoms with Crippen molar-refractivity contribution in [3.05, 3.63) is 0 Å². The fourth-order valence-electron chi connectivity index (χ4n) is 1.59. The molecule has 0 saturated heterocycles. The summed E-state index contributed by atoms with van der Waals surface area (Å²) in [5.74, 6) is 2.57. The van der Waals surface area contributed by atoms with Gasteiger partial charge in [0.15, 0.2) is 0 Å². The molecular formula is C7H10Cl2. The average Bonchev–Trinajstić information content (AvgIpc) is 2.60. The number of hydrogen-bond donors (Lipinski definition) is 0. The first kappa shape index (κ1) is 6.30. The molecule has 0 amide bonds. The standard InChI is InChI=1S/C7H10Cl2/c8-7(9)6-3-5(6)4-1-2-4/h4-7H,1-3H2/t5-,6?/m1/s1. The molecule has 0 aliphatic heterocycles. The Morgan fingerprint density at radius 1 is 1.22 bits per heavy atom. The van der Waals surface area contributed by atoms with Crippen molar-refractivity contribution < 1.29 is 0 Å². The summed E-state index contributed by atoms with van der Waals surface area (Å²) in [6, 6.07) is 0. The molecular weight excluding hydrogens is 155 g/mol. The van der Waals surface area contributed by atoms with Crippen molar-refractivity contribution in [2.45, 2.75) is 24.1 Å². The monoisotopic (exact) mass is 164 g/mol. The summed E-state index contributed by atoms with van der Waals surface area (Å²) in [5.41, 5.74) is 0. The maximum Gasteiger partial charge on any atom is 0.110 e. The minimum absolute atomic E-state index is 0.0874. The summed E-state index contributed by atoms with van der Waals surface area (Å²) in [7, 11) is 0. The van der Waals surface area contributed by atoms with E-state index in [0.29, 0.717) is 5.92 Å². The first-order valence-electron chi connectivity index (χ1n) is 3.57. The molecule has 2 heteroatoms. The zero-order valence-electron chi connectivity index (χ0n) is 5.19. The smallest absolute Gasteiger partial charge is 0.105 e. The van der Waals surface area contributed by atoms with Gasteiger partial charge in [-0.1, -0.05) is 0 Å². The van der Waals surface area contributed by atoms with Crippen LogP contribution in [0.2, 0.25) is 0 Å². The number of rotatable bonds is 2. The van der Waals surface area contributed by atoms with Crippen molar-refractivity contribution in [2.75, 3.05) is 0 Å². The van der Waals surface area contributed by atoms with Gasteiger partial charge in [-0.15, -0.1) is 23.2 Å². The van der Waals surface area contributed by atoms with Gasteiger partial charge in [-0.2, -0.15) is 0 Å². The minimum Gasteiger partial charge on any atom is -0.105 e. The molecule has 0 N–H and O–H groups in total. The van der Waals surface area contributed by atoms with Gasteiger partial charge in [0.1, 0.15) is 4.84 Å². The lowest BCUT2D eigenvalue weighted by Crippen LogP contribution is -1.93. The maximum atomic E-state index is 5.71. The van der Waals surface area contributed by atoms with Crippen LogP contribution in [0.3, 0.4) is 0 Å². The minimum atomic E-state index is -0.0874. The Hall–Kier alpha value is 0.580. The molecule has 0 bridgehead atoms. The zero-order valence-corrected chi connectivity index (χ0v) is 6.70. The van der Waals surface area contributed by atoms with E-state index in [4.69, 9.17) is 23.2 Å². The van der Waals surface area contributed by atoms with E-state index < -0.39 is 0 Å². The zero-order chi connectivity index (χ0) is 6.43. The van der Waals surface area contributed by atoms with Crippen LogP contribution in [0.4, 0.5) is 0 Å². The van der Waals surface area contributed by atoms with E-state index in [2.05, 4.69) is 0 Å². The molecule has 2 rings (SSSR count). The Morgan fingerprint density at radius 3 is 2.22 bits per heavy atom. The SMILES string of the molecule is ClC(Cl)C1C[C@@H]1C1CC1. The van der Waals surface area contributed by atoms with E-state index >= 15 is 0 Å². The first-order chi connectivity index (χ1) is 4.29. The second kappa shape index (κ2) is 2.03. The highest BCUT2D eigenvalue weighted by Gasteiger charge is 2.49. The summed E-state index contributed by atoms with van der Waals surface area (Å²) in [6.45, 7) is 0. The van der Waals surface area contributed by atoms with Crippen LogP contribution in [0.1, 0.15) is 19.3 Å². The highest BCUT2D eigenvalue weighted by atomic mass is 35.5. The maximum absolute atomic E-state index is 5.71. The van der Waals surface area contributed by atoms with Crippen LogP contribution in [0, 0.1) is 17.8 Å². The third kappa shape index (κ3) is 1.20. The Bertz CT molecular complexity index is 112. The summed E-state index contributed by atoms with van der Waals surface area (Å²) < 4.78 is 0. The van der Waals surface area contributed by atoms with Gasteiger partial charge in [0.25, 0.3) is 0 Å². The second-order valence-electron chi connectivity index (χ2n) is 3.24. The largest absolute Gasteiger partial charge is 0.110 e. The summed E-state index contributed by atoms with van der Waals surface area (Å²) >= 11 is 11.4. The Balaban J connectivity index is 1.81. The van der Waals surface area contributed by atoms with Gasteiger partial charge in [-0.05, 0) is 37.0 Å². The van der Waals surface area contributed by atoms with Crippen LogP contribution in [0.25, 0.3) is 0 Å². The Labute approximate surface area is 65.5 Å². The van der Waals surface area contributed by atoms with Crippen molar-refractivity contribution in [3.63, 3.8) is 0 Å². The fourth-order valence-corrected chi connectivity index (χ4v) is 2.17. The van der Waals surface area contributed by atoms with Crippen LogP contribution in [-0.4, -0.2) is 4.84 Å². The van der Waals surface area contributed by atoms with Crippen LogP contribution in [0.5, 0.6) is 0 Å². The number of halogens is 2. The lowest BCUT2D eigenvalue weighted by Gasteiger charge is -1.95. The van der Waals surface area contributed by atoms with Crippen LogP contribution in [-0.2, 0) is 0 Å². The lowest BCUT2D eigenvalue weighted by atomic mass is 10.2. The molecule has 0 spiro atoms. The van der Waals surface area contributed by atoms with E-state index in [9.17, 15) is 0 Å². The van der Waals surface area contributed by atoms with E-state index in [-0.39, 0.29) is 4.84 Å². The molecule has 0 aromatic carbocycles. The first-order valence-corrected chi connectivity index (χ1v) is 4.44. The molecule has 2 aliphatic rings. The van der Waals surface area contributed by atoms with Gasteiger partial charge in [0.05, 0.1) is 0 Å². The molecule has 0 aromatic rings. The summed E-state index contributed by atoms with van der Waals surface area (Å²) in [6.07, 6.45) is 4.16. The van der Waals surface area contributed by atoms with Gasteiger partial charge >= 0.3 is 0 Å². The predicted molar refractivity (Wildman–Crippen MR) is 39.8 cm³/mol. The number of hydrogen-bond acceptors (Lipinski definition) is 0. The van der Waals surface area contributed by atoms with E-state index in [1.165, 1.54) is 19.3 Å². The van der Waals surface area contributed by atoms with Crippen LogP contribution >= 0.6 is 23.2 Å². The molecule has 2 fully saturated rings. The van der Waals surface area contributed by atoms with Crippen molar-refractivity contribution >= 4 is 23.2 Å². The topological polar surface area (TPSA) is 0 Å². The normalized spacial score (nSPS) is 41.7. The fraction of sp³-hybridized carbons (Fsp3) is 1.00. The summed E-state index contributed by atoms with van der Waals surface area (Å²) in [5, 5.41) is 0. The van der Waals surface area contributed by atoms with Gasteiger partial charge in [0, 0.05) is 0 Å². The van der Waals surface area contributed by atoms with Gasteiger partial charge in [-0.3, -0.25) is 0 Å². The van der Waals surface area contributed by atoms with Crippen molar-refractivity contribution in [1.29, 1.82) is 0 Å². The second-order valence-corrected chi connectivity index (χ2v) is 4.40. The van der Waals surface area contributed by atoms with E-state index in [1.54, 1.807) is 0 Å².